The van der Waals surface area contributed by atoms with E-state index in [1.54, 1.807) is 0 Å². The molecule has 26 heavy (non-hydrogen) atoms. The average Bonchev–Trinajstić information content (AvgIpc) is 3.11. The number of nitrogen functional groups attached to an aromatic ring is 1. The number of hydrogen-bond donors (Lipinski definition) is 3. The number of aliphatic hydroxyl groups is 1. The van der Waals surface area contributed by atoms with Gasteiger partial charge in [-0.1, -0.05) is 30.3 Å². The van der Waals surface area contributed by atoms with E-state index < -0.39 is 0 Å². The number of nitrogens with zero attached hydrogens (tertiary/aromatic N) is 2. The Morgan fingerprint density at radius 1 is 1.08 bits per heavy atom. The molecule has 2 aromatic carbocycles. The molecule has 0 radical (unpaired) electrons. The average molecular weight is 348 g/mol. The van der Waals surface area contributed by atoms with Gasteiger partial charge in [0.05, 0.1) is 12.1 Å². The van der Waals surface area contributed by atoms with Gasteiger partial charge in [-0.05, 0) is 35.7 Å². The maximum Gasteiger partial charge on any atom is 0.150 e. The van der Waals surface area contributed by atoms with Crippen LogP contribution < -0.4 is 5.73 Å². The van der Waals surface area contributed by atoms with Gasteiger partial charge in [-0.2, -0.15) is 0 Å². The zero-order valence-electron chi connectivity index (χ0n) is 14.5. The lowest BCUT2D eigenvalue weighted by Gasteiger charge is -2.06. The number of pyridine rings is 1. The lowest BCUT2D eigenvalue weighted by molar-refractivity contribution is 0.129. The number of ether oxygens (including phenoxy) is 1. The summed E-state index contributed by atoms with van der Waals surface area (Å²) < 4.78 is 5.42. The molecule has 4 aromatic rings. The van der Waals surface area contributed by atoms with Crippen molar-refractivity contribution >= 4 is 27.8 Å². The number of fused-ring (bicyclic) bond motifs is 3. The molecule has 0 aliphatic carbocycles. The number of benzene rings is 2. The smallest absolute Gasteiger partial charge is 0.150 e. The van der Waals surface area contributed by atoms with E-state index in [0.717, 1.165) is 44.5 Å². The Hall–Kier alpha value is -2.96. The normalized spacial score (nSPS) is 11.5. The molecule has 0 unspecified atom stereocenters. The summed E-state index contributed by atoms with van der Waals surface area (Å²) >= 11 is 0. The predicted molar refractivity (Wildman–Crippen MR) is 102 cm³/mol. The van der Waals surface area contributed by atoms with Crippen LogP contribution in [-0.4, -0.2) is 26.7 Å². The highest BCUT2D eigenvalue weighted by Gasteiger charge is 2.12. The van der Waals surface area contributed by atoms with Crippen molar-refractivity contribution in [3.05, 3.63) is 53.9 Å². The molecule has 0 amide bonds. The number of aliphatic hydroxyl groups excluding tert-OH is 1. The van der Waals surface area contributed by atoms with E-state index in [1.807, 2.05) is 49.4 Å². The SMILES string of the molecule is CCOCc1nc2c([nH]1)c(N)nc1cc(-c3ccc(CO)cc3)ccc12. The van der Waals surface area contributed by atoms with Crippen LogP contribution in [0.4, 0.5) is 5.82 Å². The predicted octanol–water partition coefficient (Wildman–Crippen LogP) is 3.39. The summed E-state index contributed by atoms with van der Waals surface area (Å²) in [5.41, 5.74) is 11.5. The highest BCUT2D eigenvalue weighted by Crippen LogP contribution is 2.30. The van der Waals surface area contributed by atoms with Crippen LogP contribution in [0, 0.1) is 0 Å². The number of H-pyrrole nitrogens is 1. The minimum atomic E-state index is 0.0390. The lowest BCUT2D eigenvalue weighted by Crippen LogP contribution is -1.94. The van der Waals surface area contributed by atoms with Gasteiger partial charge < -0.3 is 20.6 Å². The summed E-state index contributed by atoms with van der Waals surface area (Å²) in [6.45, 7) is 3.03. The number of aromatic nitrogens is 3. The molecule has 4 rings (SSSR count). The molecule has 0 saturated carbocycles. The van der Waals surface area contributed by atoms with Gasteiger partial charge in [0.25, 0.3) is 0 Å². The first-order valence-corrected chi connectivity index (χ1v) is 8.55. The van der Waals surface area contributed by atoms with Crippen molar-refractivity contribution < 1.29 is 9.84 Å². The third-order valence-electron chi connectivity index (χ3n) is 4.42. The van der Waals surface area contributed by atoms with Gasteiger partial charge in [-0.25, -0.2) is 9.97 Å². The van der Waals surface area contributed by atoms with Crippen molar-refractivity contribution in [3.8, 4) is 11.1 Å². The lowest BCUT2D eigenvalue weighted by atomic mass is 10.0. The van der Waals surface area contributed by atoms with Crippen LogP contribution >= 0.6 is 0 Å². The fourth-order valence-corrected chi connectivity index (χ4v) is 3.06. The van der Waals surface area contributed by atoms with Crippen LogP contribution in [0.2, 0.25) is 0 Å². The van der Waals surface area contributed by atoms with Crippen LogP contribution in [0.1, 0.15) is 18.3 Å². The standard InChI is InChI=1S/C20H20N4O2/c1-2-26-11-17-23-18-15-8-7-14(13-5-3-12(10-25)4-6-13)9-16(15)22-20(21)19(18)24-17/h3-9,25H,2,10-11H2,1H3,(H2,21,22)(H,23,24). The Bertz CT molecular complexity index is 1070. The third kappa shape index (κ3) is 2.89. The quantitative estimate of drug-likeness (QED) is 0.514. The number of imidazole rings is 1. The van der Waals surface area contributed by atoms with Crippen molar-refractivity contribution in [2.24, 2.45) is 0 Å². The first-order valence-electron chi connectivity index (χ1n) is 8.55. The second-order valence-corrected chi connectivity index (χ2v) is 6.13. The molecule has 6 heteroatoms. The van der Waals surface area contributed by atoms with Gasteiger partial charge in [0.1, 0.15) is 29.3 Å². The van der Waals surface area contributed by atoms with E-state index in [1.165, 1.54) is 0 Å². The van der Waals surface area contributed by atoms with Crippen LogP contribution in [0.5, 0.6) is 0 Å². The maximum atomic E-state index is 9.18. The topological polar surface area (TPSA) is 97.0 Å². The van der Waals surface area contributed by atoms with Gasteiger partial charge in [-0.3, -0.25) is 0 Å². The van der Waals surface area contributed by atoms with Gasteiger partial charge in [0, 0.05) is 12.0 Å². The largest absolute Gasteiger partial charge is 0.392 e. The Morgan fingerprint density at radius 3 is 2.58 bits per heavy atom. The zero-order valence-corrected chi connectivity index (χ0v) is 14.5. The Labute approximate surface area is 150 Å². The van der Waals surface area contributed by atoms with E-state index in [-0.39, 0.29) is 6.61 Å². The maximum absolute atomic E-state index is 9.18. The number of aromatic amines is 1. The second kappa shape index (κ2) is 6.74. The summed E-state index contributed by atoms with van der Waals surface area (Å²) in [5.74, 6) is 1.17. The molecule has 132 valence electrons. The summed E-state index contributed by atoms with van der Waals surface area (Å²) in [4.78, 5) is 12.4. The van der Waals surface area contributed by atoms with E-state index in [0.29, 0.717) is 19.0 Å². The van der Waals surface area contributed by atoms with Gasteiger partial charge in [0.15, 0.2) is 0 Å². The molecule has 0 fully saturated rings. The van der Waals surface area contributed by atoms with Crippen molar-refractivity contribution in [2.75, 3.05) is 12.3 Å². The molecule has 6 nitrogen and oxygen atoms in total. The molecular formula is C20H20N4O2. The molecule has 0 spiro atoms. The van der Waals surface area contributed by atoms with E-state index >= 15 is 0 Å². The highest BCUT2D eigenvalue weighted by atomic mass is 16.5. The number of nitrogens with one attached hydrogen (secondary N) is 1. The Balaban J connectivity index is 1.81. The molecule has 0 aliphatic rings. The highest BCUT2D eigenvalue weighted by molar-refractivity contribution is 6.07. The monoisotopic (exact) mass is 348 g/mol. The number of nitrogens with two attached hydrogens (primary N) is 1. The zero-order chi connectivity index (χ0) is 18.1. The summed E-state index contributed by atoms with van der Waals surface area (Å²) in [7, 11) is 0. The molecule has 0 saturated heterocycles. The summed E-state index contributed by atoms with van der Waals surface area (Å²) in [5, 5.41) is 10.1. The first kappa shape index (κ1) is 16.5. The van der Waals surface area contributed by atoms with Crippen LogP contribution in [0.3, 0.4) is 0 Å². The van der Waals surface area contributed by atoms with Crippen molar-refractivity contribution in [2.45, 2.75) is 20.1 Å². The Morgan fingerprint density at radius 2 is 1.85 bits per heavy atom. The number of hydrogen-bond acceptors (Lipinski definition) is 5. The Kier molecular flexibility index (Phi) is 4.28. The summed E-state index contributed by atoms with van der Waals surface area (Å²) in [6.07, 6.45) is 0. The fraction of sp³-hybridized carbons (Fsp3) is 0.200. The van der Waals surface area contributed by atoms with Crippen LogP contribution in [0.15, 0.2) is 42.5 Å². The summed E-state index contributed by atoms with van der Waals surface area (Å²) in [6, 6.07) is 13.9. The van der Waals surface area contributed by atoms with Gasteiger partial charge in [0.2, 0.25) is 0 Å². The fourth-order valence-electron chi connectivity index (χ4n) is 3.06. The number of anilines is 1. The minimum Gasteiger partial charge on any atom is -0.392 e. The first-order chi connectivity index (χ1) is 12.7. The molecule has 4 N–H and O–H groups in total. The van der Waals surface area contributed by atoms with E-state index in [2.05, 4.69) is 15.0 Å². The minimum absolute atomic E-state index is 0.0390. The third-order valence-corrected chi connectivity index (χ3v) is 4.42. The van der Waals surface area contributed by atoms with E-state index in [9.17, 15) is 5.11 Å². The van der Waals surface area contributed by atoms with Crippen LogP contribution in [-0.2, 0) is 18.0 Å². The van der Waals surface area contributed by atoms with Crippen molar-refractivity contribution in [1.82, 2.24) is 15.0 Å². The molecule has 2 aromatic heterocycles. The molecule has 0 atom stereocenters. The molecule has 0 bridgehead atoms. The van der Waals surface area contributed by atoms with Crippen molar-refractivity contribution in [1.29, 1.82) is 0 Å². The molecule has 2 heterocycles. The molecular weight excluding hydrogens is 328 g/mol. The number of rotatable bonds is 5. The van der Waals surface area contributed by atoms with E-state index in [4.69, 9.17) is 10.5 Å². The van der Waals surface area contributed by atoms with Crippen molar-refractivity contribution in [3.63, 3.8) is 0 Å². The van der Waals surface area contributed by atoms with Gasteiger partial charge >= 0.3 is 0 Å². The second-order valence-electron chi connectivity index (χ2n) is 6.13. The van der Waals surface area contributed by atoms with Crippen LogP contribution in [0.25, 0.3) is 33.1 Å². The molecule has 0 aliphatic heterocycles. The van der Waals surface area contributed by atoms with Gasteiger partial charge in [-0.15, -0.1) is 0 Å².